The van der Waals surface area contributed by atoms with Crippen molar-refractivity contribution < 1.29 is 28.5 Å². The zero-order chi connectivity index (χ0) is 24.0. The molecule has 2 aliphatic rings. The van der Waals surface area contributed by atoms with E-state index < -0.39 is 6.04 Å². The van der Waals surface area contributed by atoms with Gasteiger partial charge in [0.1, 0.15) is 6.04 Å². The van der Waals surface area contributed by atoms with E-state index in [0.717, 1.165) is 44.1 Å². The minimum atomic E-state index is -0.526. The maximum atomic E-state index is 14.2. The van der Waals surface area contributed by atoms with Crippen LogP contribution in [0.5, 0.6) is 17.2 Å². The Morgan fingerprint density at radius 1 is 0.879 bits per heavy atom. The Bertz CT molecular complexity index is 792. The molecule has 2 fully saturated rings. The molecule has 1 aromatic carbocycles. The Labute approximate surface area is 197 Å². The number of esters is 1. The van der Waals surface area contributed by atoms with Gasteiger partial charge in [-0.2, -0.15) is 0 Å². The summed E-state index contributed by atoms with van der Waals surface area (Å²) in [6.07, 6.45) is 7.63. The third-order valence-electron chi connectivity index (χ3n) is 6.84. The molecule has 0 aromatic heterocycles. The molecule has 7 heteroatoms. The van der Waals surface area contributed by atoms with Gasteiger partial charge in [-0.1, -0.05) is 19.3 Å². The molecular formula is C26H39NO6. The molecule has 1 heterocycles. The first-order valence-corrected chi connectivity index (χ1v) is 12.2. The van der Waals surface area contributed by atoms with E-state index >= 15 is 0 Å². The highest BCUT2D eigenvalue weighted by atomic mass is 16.5. The second kappa shape index (κ2) is 11.6. The number of hydrogen-bond acceptors (Lipinski definition) is 6. The molecule has 0 bridgehead atoms. The lowest BCUT2D eigenvalue weighted by Gasteiger charge is -2.39. The van der Waals surface area contributed by atoms with Crippen molar-refractivity contribution in [3.63, 3.8) is 0 Å². The Morgan fingerprint density at radius 3 is 2.03 bits per heavy atom. The minimum absolute atomic E-state index is 0.00146. The van der Waals surface area contributed by atoms with Crippen molar-refractivity contribution in [3.05, 3.63) is 17.7 Å². The van der Waals surface area contributed by atoms with Crippen molar-refractivity contribution in [2.75, 3.05) is 27.9 Å². The standard InChI is InChI=1S/C26H39NO6/c1-17(2)33-26(29)20-13-9-10-14-27(20)25(28)23(18-11-7-6-8-12-18)19-15-21(30-3)24(32-5)22(16-19)31-4/h15-18,20,23H,6-14H2,1-5H3. The van der Waals surface area contributed by atoms with Crippen molar-refractivity contribution in [3.8, 4) is 17.2 Å². The number of piperidine rings is 1. The minimum Gasteiger partial charge on any atom is -0.493 e. The summed E-state index contributed by atoms with van der Waals surface area (Å²) in [6, 6.07) is 3.26. The quantitative estimate of drug-likeness (QED) is 0.522. The number of nitrogens with zero attached hydrogens (tertiary/aromatic N) is 1. The number of ether oxygens (including phenoxy) is 4. The van der Waals surface area contributed by atoms with E-state index in [9.17, 15) is 9.59 Å². The smallest absolute Gasteiger partial charge is 0.329 e. The molecule has 1 amide bonds. The summed E-state index contributed by atoms with van der Waals surface area (Å²) in [5, 5.41) is 0. The molecule has 1 aliphatic carbocycles. The van der Waals surface area contributed by atoms with E-state index in [1.165, 1.54) is 6.42 Å². The SMILES string of the molecule is COc1cc(C(C(=O)N2CCCCC2C(=O)OC(C)C)C2CCCCC2)cc(OC)c1OC. The number of likely N-dealkylation sites (tertiary alicyclic amines) is 1. The number of benzene rings is 1. The summed E-state index contributed by atoms with van der Waals surface area (Å²) >= 11 is 0. The van der Waals surface area contributed by atoms with Gasteiger partial charge in [0.25, 0.3) is 0 Å². The van der Waals surface area contributed by atoms with Crippen LogP contribution in [0.4, 0.5) is 0 Å². The highest BCUT2D eigenvalue weighted by Gasteiger charge is 2.41. The molecule has 184 valence electrons. The Kier molecular flexibility index (Phi) is 8.87. The molecule has 0 spiro atoms. The number of carbonyl (C=O) groups excluding carboxylic acids is 2. The van der Waals surface area contributed by atoms with E-state index in [0.29, 0.717) is 30.2 Å². The van der Waals surface area contributed by atoms with Crippen molar-refractivity contribution >= 4 is 11.9 Å². The molecular weight excluding hydrogens is 422 g/mol. The van der Waals surface area contributed by atoms with Gasteiger partial charge in [-0.25, -0.2) is 4.79 Å². The van der Waals surface area contributed by atoms with Crippen LogP contribution in [0.3, 0.4) is 0 Å². The van der Waals surface area contributed by atoms with Crippen LogP contribution < -0.4 is 14.2 Å². The van der Waals surface area contributed by atoms with Crippen LogP contribution in [0.2, 0.25) is 0 Å². The van der Waals surface area contributed by atoms with Gasteiger partial charge in [0.2, 0.25) is 11.7 Å². The Hall–Kier alpha value is -2.44. The van der Waals surface area contributed by atoms with E-state index in [1.54, 1.807) is 26.2 Å². The summed E-state index contributed by atoms with van der Waals surface area (Å²) < 4.78 is 22.2. The highest BCUT2D eigenvalue weighted by Crippen LogP contribution is 2.45. The molecule has 2 atom stereocenters. The number of carbonyl (C=O) groups is 2. The fraction of sp³-hybridized carbons (Fsp3) is 0.692. The van der Waals surface area contributed by atoms with E-state index in [1.807, 2.05) is 26.0 Å². The highest BCUT2D eigenvalue weighted by molar-refractivity contribution is 5.89. The van der Waals surface area contributed by atoms with Gasteiger partial charge in [0.15, 0.2) is 11.5 Å². The van der Waals surface area contributed by atoms with E-state index in [-0.39, 0.29) is 29.8 Å². The first-order chi connectivity index (χ1) is 15.9. The molecule has 2 unspecified atom stereocenters. The lowest BCUT2D eigenvalue weighted by molar-refractivity contribution is -0.161. The van der Waals surface area contributed by atoms with Gasteiger partial charge in [0.05, 0.1) is 33.4 Å². The molecule has 0 N–H and O–H groups in total. The fourth-order valence-electron chi connectivity index (χ4n) is 5.29. The maximum absolute atomic E-state index is 14.2. The number of hydrogen-bond donors (Lipinski definition) is 0. The average molecular weight is 462 g/mol. The number of methoxy groups -OCH3 is 3. The molecule has 1 aromatic rings. The summed E-state index contributed by atoms with van der Waals surface area (Å²) in [7, 11) is 4.74. The molecule has 3 rings (SSSR count). The maximum Gasteiger partial charge on any atom is 0.329 e. The van der Waals surface area contributed by atoms with Crippen LogP contribution in [0, 0.1) is 5.92 Å². The topological polar surface area (TPSA) is 74.3 Å². The lowest BCUT2D eigenvalue weighted by atomic mass is 9.75. The number of amides is 1. The normalized spacial score (nSPS) is 20.3. The predicted molar refractivity (Wildman–Crippen MR) is 126 cm³/mol. The van der Waals surface area contributed by atoms with Crippen molar-refractivity contribution in [1.29, 1.82) is 0 Å². The second-order valence-electron chi connectivity index (χ2n) is 9.36. The first-order valence-electron chi connectivity index (χ1n) is 12.2. The van der Waals surface area contributed by atoms with Crippen LogP contribution in [0.25, 0.3) is 0 Å². The van der Waals surface area contributed by atoms with Crippen LogP contribution in [-0.4, -0.2) is 56.8 Å². The summed E-state index contributed by atoms with van der Waals surface area (Å²) in [4.78, 5) is 28.8. The van der Waals surface area contributed by atoms with Crippen LogP contribution >= 0.6 is 0 Å². The van der Waals surface area contributed by atoms with Gasteiger partial charge in [0, 0.05) is 6.54 Å². The third-order valence-corrected chi connectivity index (χ3v) is 6.84. The van der Waals surface area contributed by atoms with Crippen LogP contribution in [-0.2, 0) is 14.3 Å². The third kappa shape index (κ3) is 5.74. The molecule has 1 aliphatic heterocycles. The largest absolute Gasteiger partial charge is 0.493 e. The Morgan fingerprint density at radius 2 is 1.48 bits per heavy atom. The monoisotopic (exact) mass is 461 g/mol. The zero-order valence-electron chi connectivity index (χ0n) is 20.7. The Balaban J connectivity index is 2.02. The molecule has 1 saturated heterocycles. The summed E-state index contributed by atoms with van der Waals surface area (Å²) in [6.45, 7) is 4.26. The predicted octanol–water partition coefficient (Wildman–Crippen LogP) is 4.71. The van der Waals surface area contributed by atoms with Gasteiger partial charge < -0.3 is 23.8 Å². The molecule has 7 nitrogen and oxygen atoms in total. The van der Waals surface area contributed by atoms with Gasteiger partial charge in [-0.3, -0.25) is 4.79 Å². The van der Waals surface area contributed by atoms with Crippen molar-refractivity contribution in [2.24, 2.45) is 5.92 Å². The summed E-state index contributed by atoms with van der Waals surface area (Å²) in [5.41, 5.74) is 0.850. The van der Waals surface area contributed by atoms with Crippen LogP contribution in [0.15, 0.2) is 12.1 Å². The lowest BCUT2D eigenvalue weighted by Crippen LogP contribution is -2.51. The fourth-order valence-corrected chi connectivity index (χ4v) is 5.29. The molecule has 33 heavy (non-hydrogen) atoms. The van der Waals surface area contributed by atoms with Crippen molar-refractivity contribution in [1.82, 2.24) is 4.90 Å². The number of rotatable bonds is 8. The van der Waals surface area contributed by atoms with E-state index in [4.69, 9.17) is 18.9 Å². The molecule has 0 radical (unpaired) electrons. The van der Waals surface area contributed by atoms with Gasteiger partial charge in [-0.05, 0) is 69.6 Å². The van der Waals surface area contributed by atoms with Crippen LogP contribution in [0.1, 0.15) is 76.7 Å². The van der Waals surface area contributed by atoms with E-state index in [2.05, 4.69) is 0 Å². The zero-order valence-corrected chi connectivity index (χ0v) is 20.7. The van der Waals surface area contributed by atoms with Gasteiger partial charge in [-0.15, -0.1) is 0 Å². The van der Waals surface area contributed by atoms with Gasteiger partial charge >= 0.3 is 5.97 Å². The second-order valence-corrected chi connectivity index (χ2v) is 9.36. The summed E-state index contributed by atoms with van der Waals surface area (Å²) in [5.74, 6) is 1.12. The first kappa shape index (κ1) is 25.2. The van der Waals surface area contributed by atoms with Crippen molar-refractivity contribution in [2.45, 2.75) is 83.3 Å². The average Bonchev–Trinajstić information content (AvgIpc) is 2.83. The molecule has 1 saturated carbocycles.